The third kappa shape index (κ3) is 2.71. The summed E-state index contributed by atoms with van der Waals surface area (Å²) < 4.78 is 5.10. The van der Waals surface area contributed by atoms with E-state index in [1.54, 1.807) is 18.4 Å². The average Bonchev–Trinajstić information content (AvgIpc) is 2.70. The molecule has 0 unspecified atom stereocenters. The molecule has 0 saturated heterocycles. The number of hydrogen-bond donors (Lipinski definition) is 0. The van der Waals surface area contributed by atoms with Gasteiger partial charge in [0.1, 0.15) is 11.4 Å². The Labute approximate surface area is 104 Å². The Bertz CT molecular complexity index is 517. The van der Waals surface area contributed by atoms with E-state index in [4.69, 9.17) is 4.74 Å². The van der Waals surface area contributed by atoms with Crippen LogP contribution in [-0.2, 0) is 6.42 Å². The van der Waals surface area contributed by atoms with Gasteiger partial charge in [-0.05, 0) is 24.6 Å². The van der Waals surface area contributed by atoms with Gasteiger partial charge >= 0.3 is 0 Å². The molecule has 0 bridgehead atoms. The number of hydrogen-bond acceptors (Lipinski definition) is 4. The van der Waals surface area contributed by atoms with Gasteiger partial charge in [0, 0.05) is 11.3 Å². The Morgan fingerprint density at radius 2 is 2.06 bits per heavy atom. The molecular formula is C13H13NO2S. The fourth-order valence-corrected chi connectivity index (χ4v) is 2.50. The van der Waals surface area contributed by atoms with Crippen molar-refractivity contribution in [1.29, 1.82) is 0 Å². The molecule has 1 aromatic heterocycles. The lowest BCUT2D eigenvalue weighted by molar-refractivity contribution is 0.111. The number of aryl methyl sites for hydroxylation is 1. The minimum absolute atomic E-state index is 0.554. The summed E-state index contributed by atoms with van der Waals surface area (Å²) in [6, 6.07) is 7.87. The van der Waals surface area contributed by atoms with Crippen molar-refractivity contribution in [3.05, 3.63) is 45.4 Å². The van der Waals surface area contributed by atoms with Gasteiger partial charge in [-0.2, -0.15) is 0 Å². The summed E-state index contributed by atoms with van der Waals surface area (Å²) in [5.41, 5.74) is 1.72. The molecule has 0 aliphatic heterocycles. The van der Waals surface area contributed by atoms with E-state index < -0.39 is 0 Å². The second-order valence-electron chi connectivity index (χ2n) is 3.69. The molecule has 0 spiro atoms. The first-order valence-corrected chi connectivity index (χ1v) is 6.09. The first kappa shape index (κ1) is 11.8. The molecular weight excluding hydrogens is 234 g/mol. The number of thiazole rings is 1. The highest BCUT2D eigenvalue weighted by atomic mass is 32.1. The quantitative estimate of drug-likeness (QED) is 0.780. The Kier molecular flexibility index (Phi) is 3.54. The van der Waals surface area contributed by atoms with Crippen molar-refractivity contribution < 1.29 is 9.53 Å². The molecule has 3 nitrogen and oxygen atoms in total. The number of aromatic nitrogens is 1. The summed E-state index contributed by atoms with van der Waals surface area (Å²) in [6.45, 7) is 1.92. The maximum Gasteiger partial charge on any atom is 0.169 e. The Balaban J connectivity index is 2.16. The van der Waals surface area contributed by atoms with Crippen LogP contribution in [0.2, 0.25) is 0 Å². The molecule has 0 radical (unpaired) electrons. The van der Waals surface area contributed by atoms with Crippen LogP contribution in [0.25, 0.3) is 0 Å². The van der Waals surface area contributed by atoms with E-state index in [9.17, 15) is 4.79 Å². The number of benzene rings is 1. The van der Waals surface area contributed by atoms with Gasteiger partial charge in [-0.1, -0.05) is 12.1 Å². The zero-order valence-corrected chi connectivity index (χ0v) is 10.6. The molecule has 2 rings (SSSR count). The van der Waals surface area contributed by atoms with E-state index in [2.05, 4.69) is 4.98 Å². The average molecular weight is 247 g/mol. The molecule has 0 amide bonds. The summed E-state index contributed by atoms with van der Waals surface area (Å²) in [6.07, 6.45) is 1.56. The number of methoxy groups -OCH3 is 1. The predicted octanol–water partition coefficient (Wildman–Crippen LogP) is 2.86. The van der Waals surface area contributed by atoms with Crippen molar-refractivity contribution in [3.63, 3.8) is 0 Å². The van der Waals surface area contributed by atoms with Gasteiger partial charge in [0.15, 0.2) is 6.29 Å². The standard InChI is InChI=1S/C13H13NO2S/c1-9-12(8-15)14-13(17-9)7-10-3-5-11(16-2)6-4-10/h3-6,8H,7H2,1-2H3. The zero-order chi connectivity index (χ0) is 12.3. The first-order chi connectivity index (χ1) is 8.22. The number of aldehydes is 1. The fraction of sp³-hybridized carbons (Fsp3) is 0.231. The smallest absolute Gasteiger partial charge is 0.169 e. The van der Waals surface area contributed by atoms with Crippen molar-refractivity contribution in [3.8, 4) is 5.75 Å². The lowest BCUT2D eigenvalue weighted by Crippen LogP contribution is -1.89. The topological polar surface area (TPSA) is 39.2 Å². The summed E-state index contributed by atoms with van der Waals surface area (Å²) in [4.78, 5) is 16.0. The Morgan fingerprint density at radius 1 is 1.35 bits per heavy atom. The van der Waals surface area contributed by atoms with Crippen molar-refractivity contribution >= 4 is 17.6 Å². The van der Waals surface area contributed by atoms with Gasteiger partial charge in [0.05, 0.1) is 12.1 Å². The summed E-state index contributed by atoms with van der Waals surface area (Å²) in [5.74, 6) is 0.845. The maximum absolute atomic E-state index is 10.7. The van der Waals surface area contributed by atoms with Crippen LogP contribution in [-0.4, -0.2) is 18.4 Å². The normalized spacial score (nSPS) is 10.2. The first-order valence-electron chi connectivity index (χ1n) is 5.27. The van der Waals surface area contributed by atoms with E-state index in [1.807, 2.05) is 31.2 Å². The number of rotatable bonds is 4. The molecule has 2 aromatic rings. The molecule has 88 valence electrons. The van der Waals surface area contributed by atoms with Crippen molar-refractivity contribution in [2.75, 3.05) is 7.11 Å². The maximum atomic E-state index is 10.7. The summed E-state index contributed by atoms with van der Waals surface area (Å²) in [5, 5.41) is 0.967. The van der Waals surface area contributed by atoms with Crippen LogP contribution in [0.4, 0.5) is 0 Å². The highest BCUT2D eigenvalue weighted by molar-refractivity contribution is 7.11. The van der Waals surface area contributed by atoms with Crippen LogP contribution >= 0.6 is 11.3 Å². The van der Waals surface area contributed by atoms with Gasteiger partial charge in [-0.3, -0.25) is 4.79 Å². The van der Waals surface area contributed by atoms with Gasteiger partial charge < -0.3 is 4.74 Å². The van der Waals surface area contributed by atoms with Crippen LogP contribution in [0.15, 0.2) is 24.3 Å². The van der Waals surface area contributed by atoms with Crippen LogP contribution in [0.1, 0.15) is 25.9 Å². The van der Waals surface area contributed by atoms with Gasteiger partial charge in [0.2, 0.25) is 0 Å². The SMILES string of the molecule is COc1ccc(Cc2nc(C=O)c(C)s2)cc1. The molecule has 4 heteroatoms. The van der Waals surface area contributed by atoms with E-state index in [0.717, 1.165) is 33.9 Å². The Hall–Kier alpha value is -1.68. The molecule has 1 heterocycles. The second kappa shape index (κ2) is 5.10. The van der Waals surface area contributed by atoms with Gasteiger partial charge in [-0.15, -0.1) is 11.3 Å². The minimum atomic E-state index is 0.554. The van der Waals surface area contributed by atoms with Crippen molar-refractivity contribution in [2.24, 2.45) is 0 Å². The lowest BCUT2D eigenvalue weighted by atomic mass is 10.1. The van der Waals surface area contributed by atoms with Crippen LogP contribution in [0.3, 0.4) is 0 Å². The largest absolute Gasteiger partial charge is 0.497 e. The van der Waals surface area contributed by atoms with Crippen LogP contribution in [0.5, 0.6) is 5.75 Å². The van der Waals surface area contributed by atoms with E-state index in [-0.39, 0.29) is 0 Å². The molecule has 17 heavy (non-hydrogen) atoms. The van der Waals surface area contributed by atoms with Crippen molar-refractivity contribution in [1.82, 2.24) is 4.98 Å². The molecule has 0 aliphatic carbocycles. The highest BCUT2D eigenvalue weighted by Crippen LogP contribution is 2.20. The van der Waals surface area contributed by atoms with Crippen LogP contribution in [0, 0.1) is 6.92 Å². The second-order valence-corrected chi connectivity index (χ2v) is 4.98. The van der Waals surface area contributed by atoms with Crippen molar-refractivity contribution in [2.45, 2.75) is 13.3 Å². The van der Waals surface area contributed by atoms with Gasteiger partial charge in [0.25, 0.3) is 0 Å². The monoisotopic (exact) mass is 247 g/mol. The van der Waals surface area contributed by atoms with E-state index >= 15 is 0 Å². The molecule has 0 atom stereocenters. The molecule has 0 saturated carbocycles. The third-order valence-corrected chi connectivity index (χ3v) is 3.49. The highest BCUT2D eigenvalue weighted by Gasteiger charge is 2.07. The number of carbonyl (C=O) groups excluding carboxylic acids is 1. The van der Waals surface area contributed by atoms with E-state index in [1.165, 1.54) is 0 Å². The third-order valence-electron chi connectivity index (χ3n) is 2.50. The molecule has 0 aliphatic rings. The number of nitrogens with zero attached hydrogens (tertiary/aromatic N) is 1. The predicted molar refractivity (Wildman–Crippen MR) is 68.0 cm³/mol. The number of carbonyl (C=O) groups is 1. The number of ether oxygens (including phenoxy) is 1. The minimum Gasteiger partial charge on any atom is -0.497 e. The molecule has 0 fully saturated rings. The molecule has 1 aromatic carbocycles. The summed E-state index contributed by atoms with van der Waals surface area (Å²) in [7, 11) is 1.65. The fourth-order valence-electron chi connectivity index (χ4n) is 1.57. The van der Waals surface area contributed by atoms with Crippen LogP contribution < -0.4 is 4.74 Å². The Morgan fingerprint density at radius 3 is 2.59 bits per heavy atom. The zero-order valence-electron chi connectivity index (χ0n) is 9.77. The van der Waals surface area contributed by atoms with E-state index in [0.29, 0.717) is 5.69 Å². The lowest BCUT2D eigenvalue weighted by Gasteiger charge is -2.01. The summed E-state index contributed by atoms with van der Waals surface area (Å²) >= 11 is 1.57. The molecule has 0 N–H and O–H groups in total. The van der Waals surface area contributed by atoms with Gasteiger partial charge in [-0.25, -0.2) is 4.98 Å².